The number of alkyl carbamates (subject to hydrolysis) is 1. The van der Waals surface area contributed by atoms with E-state index in [0.29, 0.717) is 4.90 Å². The second kappa shape index (κ2) is 7.38. The zero-order chi connectivity index (χ0) is 21.4. The van der Waals surface area contributed by atoms with E-state index in [0.717, 1.165) is 0 Å². The zero-order valence-corrected chi connectivity index (χ0v) is 15.7. The molecule has 0 aliphatic carbocycles. The lowest BCUT2D eigenvalue weighted by atomic mass is 9.85. The Morgan fingerprint density at radius 1 is 1.04 bits per heavy atom. The molecule has 0 bridgehead atoms. The van der Waals surface area contributed by atoms with Gasteiger partial charge in [0.05, 0.1) is 0 Å². The van der Waals surface area contributed by atoms with Gasteiger partial charge in [-0.25, -0.2) is 4.79 Å². The van der Waals surface area contributed by atoms with E-state index in [1.165, 1.54) is 13.8 Å². The fourth-order valence-electron chi connectivity index (χ4n) is 2.77. The Kier molecular flexibility index (Phi) is 6.39. The van der Waals surface area contributed by atoms with Gasteiger partial charge < -0.3 is 15.0 Å². The maximum absolute atomic E-state index is 13.2. The molecule has 1 fully saturated rings. The molecule has 1 N–H and O–H groups in total. The van der Waals surface area contributed by atoms with Crippen LogP contribution in [0.2, 0.25) is 0 Å². The summed E-state index contributed by atoms with van der Waals surface area (Å²) in [6, 6.07) is -1.31. The summed E-state index contributed by atoms with van der Waals surface area (Å²) in [6.45, 7) is 5.49. The third kappa shape index (κ3) is 5.19. The van der Waals surface area contributed by atoms with Gasteiger partial charge in [-0.1, -0.05) is 13.8 Å². The van der Waals surface area contributed by atoms with Crippen LogP contribution in [0.5, 0.6) is 0 Å². The Balaban J connectivity index is 3.01. The van der Waals surface area contributed by atoms with E-state index < -0.39 is 66.8 Å². The van der Waals surface area contributed by atoms with E-state index >= 15 is 0 Å². The predicted octanol–water partition coefficient (Wildman–Crippen LogP) is 3.88. The van der Waals surface area contributed by atoms with Gasteiger partial charge in [-0.2, -0.15) is 26.3 Å². The highest BCUT2D eigenvalue weighted by molar-refractivity contribution is 5.86. The molecule has 11 heteroatoms. The van der Waals surface area contributed by atoms with E-state index in [1.54, 1.807) is 20.8 Å². The normalized spacial score (nSPS) is 19.2. The van der Waals surface area contributed by atoms with Gasteiger partial charge in [0.15, 0.2) is 5.41 Å². The summed E-state index contributed by atoms with van der Waals surface area (Å²) in [4.78, 5) is 24.9. The lowest BCUT2D eigenvalue weighted by Gasteiger charge is -2.34. The third-order valence-corrected chi connectivity index (χ3v) is 4.27. The Hall–Kier alpha value is -1.68. The van der Waals surface area contributed by atoms with Crippen LogP contribution in [-0.4, -0.2) is 54.0 Å². The molecule has 0 aromatic rings. The van der Waals surface area contributed by atoms with Gasteiger partial charge in [0.2, 0.25) is 5.91 Å². The van der Waals surface area contributed by atoms with Crippen LogP contribution in [0, 0.1) is 11.3 Å². The van der Waals surface area contributed by atoms with Crippen LogP contribution in [0.4, 0.5) is 31.1 Å². The second-order valence-electron chi connectivity index (χ2n) is 7.96. The molecule has 0 aromatic heterocycles. The monoisotopic (exact) mass is 406 g/mol. The number of likely N-dealkylation sites (tertiary alicyclic amines) is 1. The molecule has 1 aliphatic heterocycles. The predicted molar refractivity (Wildman–Crippen MR) is 83.7 cm³/mol. The van der Waals surface area contributed by atoms with Crippen LogP contribution >= 0.6 is 0 Å². The molecule has 0 radical (unpaired) electrons. The molecule has 1 atom stereocenters. The van der Waals surface area contributed by atoms with Crippen LogP contribution in [0.25, 0.3) is 0 Å². The molecular weight excluding hydrogens is 382 g/mol. The minimum Gasteiger partial charge on any atom is -0.444 e. The first kappa shape index (κ1) is 23.4. The Morgan fingerprint density at radius 2 is 1.52 bits per heavy atom. The molecule has 0 aromatic carbocycles. The van der Waals surface area contributed by atoms with E-state index in [9.17, 15) is 35.9 Å². The van der Waals surface area contributed by atoms with E-state index in [1.807, 2.05) is 0 Å². The number of amides is 2. The molecule has 158 valence electrons. The van der Waals surface area contributed by atoms with Crippen LogP contribution in [0.1, 0.15) is 41.0 Å². The van der Waals surface area contributed by atoms with Crippen molar-refractivity contribution in [3.63, 3.8) is 0 Å². The van der Waals surface area contributed by atoms with Gasteiger partial charge in [0.1, 0.15) is 11.6 Å². The van der Waals surface area contributed by atoms with Gasteiger partial charge in [0, 0.05) is 13.1 Å². The number of hydrogen-bond acceptors (Lipinski definition) is 3. The number of hydrogen-bond donors (Lipinski definition) is 1. The molecule has 1 heterocycles. The van der Waals surface area contributed by atoms with Crippen molar-refractivity contribution >= 4 is 12.0 Å². The Bertz CT molecular complexity index is 552. The van der Waals surface area contributed by atoms with Crippen LogP contribution in [0.3, 0.4) is 0 Å². The highest BCUT2D eigenvalue weighted by Gasteiger charge is 2.73. The zero-order valence-electron chi connectivity index (χ0n) is 15.7. The van der Waals surface area contributed by atoms with Gasteiger partial charge in [-0.05, 0) is 33.1 Å². The highest BCUT2D eigenvalue weighted by atomic mass is 19.4. The summed E-state index contributed by atoms with van der Waals surface area (Å²) in [5.74, 6) is -1.58. The van der Waals surface area contributed by atoms with Crippen molar-refractivity contribution in [1.82, 2.24) is 10.2 Å². The molecule has 1 saturated heterocycles. The van der Waals surface area contributed by atoms with Crippen molar-refractivity contribution in [2.24, 2.45) is 11.3 Å². The van der Waals surface area contributed by atoms with Crippen molar-refractivity contribution in [2.45, 2.75) is 65.0 Å². The van der Waals surface area contributed by atoms with Gasteiger partial charge >= 0.3 is 18.4 Å². The van der Waals surface area contributed by atoms with Gasteiger partial charge in [0.25, 0.3) is 0 Å². The van der Waals surface area contributed by atoms with Crippen LogP contribution in [0.15, 0.2) is 0 Å². The number of nitrogens with zero attached hydrogens (tertiary/aromatic N) is 1. The molecular formula is C16H24F6N2O3. The number of halogens is 6. The average molecular weight is 406 g/mol. The lowest BCUT2D eigenvalue weighted by Crippen LogP contribution is -2.55. The molecule has 1 aliphatic rings. The first-order valence-corrected chi connectivity index (χ1v) is 8.33. The fraction of sp³-hybridized carbons (Fsp3) is 0.875. The first-order valence-electron chi connectivity index (χ1n) is 8.33. The molecule has 0 unspecified atom stereocenters. The molecule has 2 amide bonds. The van der Waals surface area contributed by atoms with Crippen molar-refractivity contribution in [2.75, 3.05) is 13.1 Å². The standard InChI is InChI=1S/C16H24F6N2O3/c1-9(2)10(23-12(26)27-13(3,4)5)11(25)24-7-6-14(8-24,15(17,18)19)16(20,21)22/h9-10H,6-8H2,1-5H3,(H,23,26)/t10-/m0/s1. The van der Waals surface area contributed by atoms with Crippen molar-refractivity contribution in [3.8, 4) is 0 Å². The van der Waals surface area contributed by atoms with E-state index in [4.69, 9.17) is 4.74 Å². The smallest absolute Gasteiger partial charge is 0.408 e. The largest absolute Gasteiger partial charge is 0.444 e. The Labute approximate surface area is 153 Å². The number of carbonyl (C=O) groups excluding carboxylic acids is 2. The minimum atomic E-state index is -5.55. The number of nitrogens with one attached hydrogen (secondary N) is 1. The molecule has 5 nitrogen and oxygen atoms in total. The quantitative estimate of drug-likeness (QED) is 0.724. The van der Waals surface area contributed by atoms with Crippen LogP contribution in [-0.2, 0) is 9.53 Å². The van der Waals surface area contributed by atoms with Crippen molar-refractivity contribution in [3.05, 3.63) is 0 Å². The number of carbonyl (C=O) groups is 2. The number of ether oxygens (including phenoxy) is 1. The fourth-order valence-corrected chi connectivity index (χ4v) is 2.77. The first-order chi connectivity index (χ1) is 11.9. The van der Waals surface area contributed by atoms with Gasteiger partial charge in [-0.3, -0.25) is 4.79 Å². The lowest BCUT2D eigenvalue weighted by molar-refractivity contribution is -0.334. The topological polar surface area (TPSA) is 58.6 Å². The Morgan fingerprint density at radius 3 is 1.85 bits per heavy atom. The van der Waals surface area contributed by atoms with Crippen molar-refractivity contribution < 1.29 is 40.7 Å². The molecule has 27 heavy (non-hydrogen) atoms. The van der Waals surface area contributed by atoms with Crippen molar-refractivity contribution in [1.29, 1.82) is 0 Å². The molecule has 0 spiro atoms. The van der Waals surface area contributed by atoms with Crippen LogP contribution < -0.4 is 5.32 Å². The minimum absolute atomic E-state index is 0.503. The highest BCUT2D eigenvalue weighted by Crippen LogP contribution is 2.55. The van der Waals surface area contributed by atoms with Gasteiger partial charge in [-0.15, -0.1) is 0 Å². The summed E-state index contributed by atoms with van der Waals surface area (Å²) in [5, 5.41) is 2.24. The molecule has 1 rings (SSSR count). The summed E-state index contributed by atoms with van der Waals surface area (Å²) < 4.78 is 83.9. The maximum Gasteiger partial charge on any atom is 0.408 e. The third-order valence-electron chi connectivity index (χ3n) is 4.27. The summed E-state index contributed by atoms with van der Waals surface area (Å²) in [7, 11) is 0. The maximum atomic E-state index is 13.2. The number of alkyl halides is 6. The number of rotatable bonds is 3. The average Bonchev–Trinajstić information content (AvgIpc) is 2.87. The summed E-state index contributed by atoms with van der Waals surface area (Å²) in [6.07, 6.45) is -13.4. The summed E-state index contributed by atoms with van der Waals surface area (Å²) in [5.41, 5.74) is -4.85. The van der Waals surface area contributed by atoms with E-state index in [-0.39, 0.29) is 0 Å². The second-order valence-corrected chi connectivity index (χ2v) is 7.96. The van der Waals surface area contributed by atoms with E-state index in [2.05, 4.69) is 5.32 Å². The molecule has 0 saturated carbocycles. The SMILES string of the molecule is CC(C)[C@H](NC(=O)OC(C)(C)C)C(=O)N1CCC(C(F)(F)F)(C(F)(F)F)C1. The summed E-state index contributed by atoms with van der Waals surface area (Å²) >= 11 is 0.